The monoisotopic (exact) mass is 601 g/mol. The first-order chi connectivity index (χ1) is 20.5. The Morgan fingerprint density at radius 3 is 2.26 bits per heavy atom. The molecule has 43 heavy (non-hydrogen) atoms. The van der Waals surface area contributed by atoms with E-state index in [1.165, 1.54) is 23.2 Å². The number of nitrogens with zero attached hydrogens (tertiary/aromatic N) is 5. The van der Waals surface area contributed by atoms with Gasteiger partial charge in [-0.2, -0.15) is 31.4 Å². The molecule has 1 aliphatic heterocycles. The highest BCUT2D eigenvalue weighted by Gasteiger charge is 2.47. The number of hydrogen-bond acceptors (Lipinski definition) is 3. The Bertz CT molecular complexity index is 1810. The average Bonchev–Trinajstić information content (AvgIpc) is 3.61. The Hall–Kier alpha value is -3.93. The summed E-state index contributed by atoms with van der Waals surface area (Å²) >= 11 is 0. The molecule has 224 valence electrons. The lowest BCUT2D eigenvalue weighted by Crippen LogP contribution is -2.43. The number of rotatable bonds is 5. The molecule has 0 spiro atoms. The molecular formula is C31H26F7N5. The fraction of sp³-hybridized carbons (Fsp3) is 0.355. The van der Waals surface area contributed by atoms with Gasteiger partial charge in [-0.25, -0.2) is 14.1 Å². The van der Waals surface area contributed by atoms with Gasteiger partial charge in [0.05, 0.1) is 34.0 Å². The third-order valence-corrected chi connectivity index (χ3v) is 8.50. The second-order valence-electron chi connectivity index (χ2n) is 11.4. The first-order valence-corrected chi connectivity index (χ1v) is 14.1. The highest BCUT2D eigenvalue weighted by atomic mass is 19.4. The van der Waals surface area contributed by atoms with Crippen molar-refractivity contribution < 1.29 is 30.7 Å². The van der Waals surface area contributed by atoms with E-state index in [0.717, 1.165) is 58.6 Å². The van der Waals surface area contributed by atoms with Crippen LogP contribution in [0.4, 0.5) is 30.7 Å². The van der Waals surface area contributed by atoms with Gasteiger partial charge in [0.25, 0.3) is 0 Å². The largest absolute Gasteiger partial charge is 0.416 e. The summed E-state index contributed by atoms with van der Waals surface area (Å²) in [4.78, 5) is 6.13. The molecule has 0 N–H and O–H groups in total. The molecule has 1 atom stereocenters. The number of benzene rings is 3. The number of likely N-dealkylation sites (tertiary alicyclic amines) is 1. The zero-order valence-electron chi connectivity index (χ0n) is 22.7. The summed E-state index contributed by atoms with van der Waals surface area (Å²) in [5.74, 6) is -0.209. The van der Waals surface area contributed by atoms with E-state index in [-0.39, 0.29) is 35.6 Å². The highest BCUT2D eigenvalue weighted by Crippen LogP contribution is 2.45. The molecule has 3 aromatic carbocycles. The Morgan fingerprint density at radius 1 is 0.814 bits per heavy atom. The van der Waals surface area contributed by atoms with Crippen LogP contribution in [0.5, 0.6) is 0 Å². The number of imidazole rings is 1. The molecule has 0 radical (unpaired) electrons. The van der Waals surface area contributed by atoms with Crippen LogP contribution in [0.15, 0.2) is 66.9 Å². The molecule has 0 amide bonds. The van der Waals surface area contributed by atoms with Crippen molar-refractivity contribution in [1.29, 1.82) is 0 Å². The molecule has 12 heteroatoms. The van der Waals surface area contributed by atoms with Crippen LogP contribution in [0, 0.1) is 5.82 Å². The van der Waals surface area contributed by atoms with Crippen molar-refractivity contribution in [3.8, 4) is 5.69 Å². The Balaban J connectivity index is 1.18. The van der Waals surface area contributed by atoms with Crippen molar-refractivity contribution in [2.45, 2.75) is 56.0 Å². The maximum absolute atomic E-state index is 15.5. The standard InChI is InChI=1S/C31H26F7N5/c32-24-16-27-19(17-39-43(27)22-5-3-4-20(15-22)30(33,34)35)14-23(24)28(31(36,37)38)41-12-10-18(11-13-41)29-40-25-6-1-2-7-26(25)42(29)21-8-9-21/h1-7,14-18,21,28H,8-13H2. The van der Waals surface area contributed by atoms with Crippen molar-refractivity contribution in [2.75, 3.05) is 13.1 Å². The number of para-hydroxylation sites is 2. The minimum absolute atomic E-state index is 0.0173. The molecule has 1 aliphatic carbocycles. The van der Waals surface area contributed by atoms with Crippen LogP contribution in [-0.2, 0) is 6.18 Å². The summed E-state index contributed by atoms with van der Waals surface area (Å²) < 4.78 is 102. The van der Waals surface area contributed by atoms with E-state index in [2.05, 4.69) is 9.67 Å². The lowest BCUT2D eigenvalue weighted by atomic mass is 9.92. The van der Waals surface area contributed by atoms with Gasteiger partial charge in [-0.15, -0.1) is 0 Å². The predicted octanol–water partition coefficient (Wildman–Crippen LogP) is 8.35. The zero-order valence-corrected chi connectivity index (χ0v) is 22.7. The third kappa shape index (κ3) is 5.05. The normalized spacial score (nSPS) is 18.1. The molecule has 2 aromatic heterocycles. The molecule has 7 rings (SSSR count). The maximum atomic E-state index is 15.5. The number of halogens is 7. The quantitative estimate of drug-likeness (QED) is 0.190. The second kappa shape index (κ2) is 10.1. The van der Waals surface area contributed by atoms with E-state index in [0.29, 0.717) is 18.9 Å². The van der Waals surface area contributed by atoms with E-state index in [9.17, 15) is 26.3 Å². The minimum atomic E-state index is -4.76. The molecule has 1 saturated carbocycles. The predicted molar refractivity (Wildman–Crippen MR) is 146 cm³/mol. The number of piperidine rings is 1. The Kier molecular flexibility index (Phi) is 6.53. The molecule has 1 unspecified atom stereocenters. The molecule has 5 nitrogen and oxygen atoms in total. The van der Waals surface area contributed by atoms with E-state index in [1.54, 1.807) is 0 Å². The van der Waals surface area contributed by atoms with Crippen molar-refractivity contribution in [3.05, 3.63) is 89.6 Å². The van der Waals surface area contributed by atoms with Crippen LogP contribution >= 0.6 is 0 Å². The van der Waals surface area contributed by atoms with Gasteiger partial charge in [-0.1, -0.05) is 18.2 Å². The van der Waals surface area contributed by atoms with Crippen LogP contribution in [0.3, 0.4) is 0 Å². The van der Waals surface area contributed by atoms with Gasteiger partial charge in [0.1, 0.15) is 17.7 Å². The van der Waals surface area contributed by atoms with Crippen LogP contribution in [0.25, 0.3) is 27.6 Å². The molecule has 0 bridgehead atoms. The summed E-state index contributed by atoms with van der Waals surface area (Å²) in [6.45, 7) is 0.202. The first-order valence-electron chi connectivity index (χ1n) is 14.1. The number of aromatic nitrogens is 4. The lowest BCUT2D eigenvalue weighted by molar-refractivity contribution is -0.190. The number of fused-ring (bicyclic) bond motifs is 2. The second-order valence-corrected chi connectivity index (χ2v) is 11.4. The fourth-order valence-corrected chi connectivity index (χ4v) is 6.36. The van der Waals surface area contributed by atoms with Crippen molar-refractivity contribution in [2.24, 2.45) is 0 Å². The Morgan fingerprint density at radius 2 is 1.56 bits per heavy atom. The van der Waals surface area contributed by atoms with E-state index >= 15 is 4.39 Å². The van der Waals surface area contributed by atoms with Crippen molar-refractivity contribution in [1.82, 2.24) is 24.2 Å². The summed E-state index contributed by atoms with van der Waals surface area (Å²) in [6, 6.07) is 12.4. The third-order valence-electron chi connectivity index (χ3n) is 8.50. The maximum Gasteiger partial charge on any atom is 0.416 e. The fourth-order valence-electron chi connectivity index (χ4n) is 6.36. The van der Waals surface area contributed by atoms with Gasteiger partial charge in [-0.05, 0) is 75.2 Å². The van der Waals surface area contributed by atoms with Gasteiger partial charge >= 0.3 is 12.4 Å². The molecule has 1 saturated heterocycles. The van der Waals surface area contributed by atoms with Crippen LogP contribution in [-0.4, -0.2) is 43.5 Å². The molecular weight excluding hydrogens is 575 g/mol. The number of hydrogen-bond donors (Lipinski definition) is 0. The molecule has 2 fully saturated rings. The van der Waals surface area contributed by atoms with Crippen molar-refractivity contribution >= 4 is 21.9 Å². The lowest BCUT2D eigenvalue weighted by Gasteiger charge is -2.38. The zero-order chi connectivity index (χ0) is 30.1. The van der Waals surface area contributed by atoms with Gasteiger partial charge in [-0.3, -0.25) is 4.90 Å². The summed E-state index contributed by atoms with van der Waals surface area (Å²) in [5, 5.41) is 4.26. The van der Waals surface area contributed by atoms with Gasteiger partial charge in [0, 0.05) is 29.0 Å². The van der Waals surface area contributed by atoms with Crippen LogP contribution in [0.1, 0.15) is 60.6 Å². The van der Waals surface area contributed by atoms with E-state index in [1.807, 2.05) is 24.3 Å². The molecule has 5 aromatic rings. The minimum Gasteiger partial charge on any atom is -0.325 e. The smallest absolute Gasteiger partial charge is 0.325 e. The van der Waals surface area contributed by atoms with Crippen molar-refractivity contribution in [3.63, 3.8) is 0 Å². The molecule has 2 aliphatic rings. The van der Waals surface area contributed by atoms with Gasteiger partial charge in [0.15, 0.2) is 0 Å². The first kappa shape index (κ1) is 27.9. The molecule has 3 heterocycles. The average molecular weight is 602 g/mol. The SMILES string of the molecule is Fc1cc2c(cnn2-c2cccc(C(F)(F)F)c2)cc1C(N1CCC(c2nc3ccccc3n2C2CC2)CC1)C(F)(F)F. The summed E-state index contributed by atoms with van der Waals surface area (Å²) in [6.07, 6.45) is -5.14. The van der Waals surface area contributed by atoms with Gasteiger partial charge in [0.2, 0.25) is 0 Å². The van der Waals surface area contributed by atoms with E-state index in [4.69, 9.17) is 4.98 Å². The summed E-state index contributed by atoms with van der Waals surface area (Å²) in [7, 11) is 0. The van der Waals surface area contributed by atoms with Gasteiger partial charge < -0.3 is 4.57 Å². The van der Waals surface area contributed by atoms with Crippen LogP contribution < -0.4 is 0 Å². The number of alkyl halides is 6. The Labute approximate surface area is 241 Å². The van der Waals surface area contributed by atoms with E-state index < -0.39 is 35.3 Å². The summed E-state index contributed by atoms with van der Waals surface area (Å²) in [5.41, 5.74) is 0.548. The topological polar surface area (TPSA) is 38.9 Å². The highest BCUT2D eigenvalue weighted by molar-refractivity contribution is 5.81. The van der Waals surface area contributed by atoms with Crippen LogP contribution in [0.2, 0.25) is 0 Å².